The number of H-pyrrole nitrogens is 1. The number of ether oxygens (including phenoxy) is 1. The molecule has 3 rings (SSSR count). The number of aromatic nitrogens is 3. The van der Waals surface area contributed by atoms with Crippen LogP contribution in [-0.4, -0.2) is 36.4 Å². The number of sulfone groups is 1. The second kappa shape index (κ2) is 5.81. The van der Waals surface area contributed by atoms with Crippen molar-refractivity contribution in [2.75, 3.05) is 7.11 Å². The Bertz CT molecular complexity index is 929. The highest BCUT2D eigenvalue weighted by atomic mass is 32.2. The molecule has 3 aromatic rings. The third-order valence-electron chi connectivity index (χ3n) is 3.26. The number of esters is 1. The number of aromatic amines is 1. The van der Waals surface area contributed by atoms with E-state index < -0.39 is 15.8 Å². The number of carbonyl (C=O) groups excluding carboxylic acids is 1. The number of nitrogens with zero attached hydrogens (tertiary/aromatic N) is 2. The highest BCUT2D eigenvalue weighted by Gasteiger charge is 2.20. The second-order valence-corrected chi connectivity index (χ2v) is 6.77. The zero-order chi connectivity index (χ0) is 16.4. The van der Waals surface area contributed by atoms with Crippen LogP contribution in [0.1, 0.15) is 15.9 Å². The number of methoxy groups -OCH3 is 1. The molecule has 8 heteroatoms. The fourth-order valence-electron chi connectivity index (χ4n) is 2.11. The number of pyridine rings is 1. The summed E-state index contributed by atoms with van der Waals surface area (Å²) < 4.78 is 29.5. The van der Waals surface area contributed by atoms with Crippen molar-refractivity contribution in [1.82, 2.24) is 15.0 Å². The van der Waals surface area contributed by atoms with Gasteiger partial charge in [-0.3, -0.25) is 0 Å². The smallest absolute Gasteiger partial charge is 0.337 e. The number of imidazole rings is 1. The summed E-state index contributed by atoms with van der Waals surface area (Å²) in [5.74, 6) is -0.698. The van der Waals surface area contributed by atoms with Crippen LogP contribution in [0.4, 0.5) is 0 Å². The number of fused-ring (bicyclic) bond motifs is 1. The van der Waals surface area contributed by atoms with Gasteiger partial charge in [-0.05, 0) is 29.8 Å². The predicted octanol–water partition coefficient (Wildman–Crippen LogP) is 1.72. The van der Waals surface area contributed by atoms with Crippen molar-refractivity contribution < 1.29 is 17.9 Å². The van der Waals surface area contributed by atoms with Gasteiger partial charge in [-0.25, -0.2) is 18.2 Å². The number of carbonyl (C=O) groups is 1. The van der Waals surface area contributed by atoms with E-state index in [2.05, 4.69) is 19.7 Å². The average molecular weight is 331 g/mol. The maximum atomic E-state index is 12.4. The molecule has 1 aromatic carbocycles. The van der Waals surface area contributed by atoms with Gasteiger partial charge < -0.3 is 9.72 Å². The lowest BCUT2D eigenvalue weighted by Crippen LogP contribution is -2.07. The van der Waals surface area contributed by atoms with Gasteiger partial charge in [0.15, 0.2) is 5.65 Å². The van der Waals surface area contributed by atoms with E-state index in [0.29, 0.717) is 22.3 Å². The van der Waals surface area contributed by atoms with E-state index in [1.165, 1.54) is 19.2 Å². The van der Waals surface area contributed by atoms with Gasteiger partial charge in [0.05, 0.1) is 23.9 Å². The summed E-state index contributed by atoms with van der Waals surface area (Å²) in [6.45, 7) is 0. The largest absolute Gasteiger partial charge is 0.465 e. The molecule has 7 nitrogen and oxygen atoms in total. The first-order valence-electron chi connectivity index (χ1n) is 6.70. The van der Waals surface area contributed by atoms with Crippen molar-refractivity contribution in [2.45, 2.75) is 10.9 Å². The molecule has 1 N–H and O–H groups in total. The van der Waals surface area contributed by atoms with Gasteiger partial charge in [-0.15, -0.1) is 0 Å². The maximum Gasteiger partial charge on any atom is 0.337 e. The van der Waals surface area contributed by atoms with E-state index in [-0.39, 0.29) is 10.9 Å². The molecule has 0 atom stereocenters. The number of hydrogen-bond donors (Lipinski definition) is 1. The van der Waals surface area contributed by atoms with Crippen molar-refractivity contribution in [3.05, 3.63) is 53.7 Å². The molecule has 118 valence electrons. The fraction of sp³-hybridized carbons (Fsp3) is 0.133. The molecule has 0 bridgehead atoms. The zero-order valence-electron chi connectivity index (χ0n) is 12.2. The van der Waals surface area contributed by atoms with Crippen LogP contribution in [0.5, 0.6) is 0 Å². The lowest BCUT2D eigenvalue weighted by atomic mass is 10.1. The monoisotopic (exact) mass is 331 g/mol. The molecule has 0 saturated heterocycles. The van der Waals surface area contributed by atoms with Gasteiger partial charge in [-0.2, -0.15) is 4.98 Å². The number of rotatable bonds is 4. The molecule has 0 unspecified atom stereocenters. The van der Waals surface area contributed by atoms with E-state index in [9.17, 15) is 13.2 Å². The van der Waals surface area contributed by atoms with Gasteiger partial charge in [0.25, 0.3) is 0 Å². The van der Waals surface area contributed by atoms with E-state index in [4.69, 9.17) is 0 Å². The highest BCUT2D eigenvalue weighted by Crippen LogP contribution is 2.17. The van der Waals surface area contributed by atoms with Gasteiger partial charge in [-0.1, -0.05) is 12.1 Å². The van der Waals surface area contributed by atoms with Crippen LogP contribution in [0.15, 0.2) is 47.8 Å². The molecule has 0 aliphatic rings. The fourth-order valence-corrected chi connectivity index (χ4v) is 3.37. The number of hydrogen-bond acceptors (Lipinski definition) is 6. The molecule has 2 heterocycles. The van der Waals surface area contributed by atoms with Crippen LogP contribution in [0.3, 0.4) is 0 Å². The molecule has 0 fully saturated rings. The van der Waals surface area contributed by atoms with Crippen molar-refractivity contribution in [3.8, 4) is 0 Å². The summed E-state index contributed by atoms with van der Waals surface area (Å²) in [4.78, 5) is 22.1. The molecular weight excluding hydrogens is 318 g/mol. The summed E-state index contributed by atoms with van der Waals surface area (Å²) in [7, 11) is -2.35. The Hall–Kier alpha value is -2.74. The van der Waals surface area contributed by atoms with Gasteiger partial charge in [0.1, 0.15) is 0 Å². The van der Waals surface area contributed by atoms with E-state index in [1.54, 1.807) is 30.5 Å². The van der Waals surface area contributed by atoms with Crippen LogP contribution in [0.25, 0.3) is 11.2 Å². The predicted molar refractivity (Wildman–Crippen MR) is 82.6 cm³/mol. The maximum absolute atomic E-state index is 12.4. The summed E-state index contributed by atoms with van der Waals surface area (Å²) in [5, 5.41) is -0.122. The third kappa shape index (κ3) is 3.07. The van der Waals surface area contributed by atoms with Crippen LogP contribution < -0.4 is 0 Å². The second-order valence-electron chi connectivity index (χ2n) is 4.86. The highest BCUT2D eigenvalue weighted by molar-refractivity contribution is 7.90. The summed E-state index contributed by atoms with van der Waals surface area (Å²) in [6.07, 6.45) is 1.55. The molecular formula is C15H13N3O4S. The minimum Gasteiger partial charge on any atom is -0.465 e. The molecule has 0 spiro atoms. The van der Waals surface area contributed by atoms with E-state index >= 15 is 0 Å². The minimum absolute atomic E-state index is 0.122. The lowest BCUT2D eigenvalue weighted by Gasteiger charge is -2.03. The van der Waals surface area contributed by atoms with Crippen molar-refractivity contribution in [3.63, 3.8) is 0 Å². The Labute approximate surface area is 132 Å². The Balaban J connectivity index is 1.87. The van der Waals surface area contributed by atoms with Crippen LogP contribution in [0.2, 0.25) is 0 Å². The first-order valence-corrected chi connectivity index (χ1v) is 8.35. The van der Waals surface area contributed by atoms with Gasteiger partial charge in [0, 0.05) is 6.20 Å². The number of nitrogens with one attached hydrogen (secondary N) is 1. The normalized spacial score (nSPS) is 11.5. The van der Waals surface area contributed by atoms with Crippen LogP contribution >= 0.6 is 0 Å². The Morgan fingerprint density at radius 3 is 2.61 bits per heavy atom. The Morgan fingerprint density at radius 1 is 1.22 bits per heavy atom. The quantitative estimate of drug-likeness (QED) is 0.730. The zero-order valence-corrected chi connectivity index (χ0v) is 13.0. The first kappa shape index (κ1) is 15.2. The Morgan fingerprint density at radius 2 is 1.96 bits per heavy atom. The topological polar surface area (TPSA) is 102 Å². The SMILES string of the molecule is COC(=O)c1ccc(CS(=O)(=O)c2nc3ncccc3[nH]2)cc1. The lowest BCUT2D eigenvalue weighted by molar-refractivity contribution is 0.0600. The molecule has 0 aliphatic carbocycles. The summed E-state index contributed by atoms with van der Waals surface area (Å²) in [5.41, 5.74) is 1.83. The van der Waals surface area contributed by atoms with Crippen molar-refractivity contribution >= 4 is 27.0 Å². The molecule has 0 radical (unpaired) electrons. The van der Waals surface area contributed by atoms with Gasteiger partial charge in [0.2, 0.25) is 15.0 Å². The molecule has 2 aromatic heterocycles. The van der Waals surface area contributed by atoms with E-state index in [0.717, 1.165) is 0 Å². The Kier molecular flexibility index (Phi) is 3.83. The van der Waals surface area contributed by atoms with E-state index in [1.807, 2.05) is 0 Å². The first-order chi connectivity index (χ1) is 11.0. The van der Waals surface area contributed by atoms with Crippen molar-refractivity contribution in [1.29, 1.82) is 0 Å². The summed E-state index contributed by atoms with van der Waals surface area (Å²) >= 11 is 0. The molecule has 23 heavy (non-hydrogen) atoms. The average Bonchev–Trinajstić information content (AvgIpc) is 2.99. The summed E-state index contributed by atoms with van der Waals surface area (Å²) in [6, 6.07) is 9.60. The van der Waals surface area contributed by atoms with Crippen LogP contribution in [-0.2, 0) is 20.3 Å². The standard InChI is InChI=1S/C15H13N3O4S/c1-22-14(19)11-6-4-10(5-7-11)9-23(20,21)15-17-12-3-2-8-16-13(12)18-15/h2-8H,9H2,1H3,(H,16,17,18). The minimum atomic E-state index is -3.64. The van der Waals surface area contributed by atoms with Crippen molar-refractivity contribution in [2.24, 2.45) is 0 Å². The third-order valence-corrected chi connectivity index (χ3v) is 4.76. The van der Waals surface area contributed by atoms with Crippen LogP contribution in [0, 0.1) is 0 Å². The van der Waals surface area contributed by atoms with Gasteiger partial charge >= 0.3 is 5.97 Å². The molecule has 0 amide bonds. The molecule has 0 saturated carbocycles. The molecule has 0 aliphatic heterocycles. The number of benzene rings is 1.